The van der Waals surface area contributed by atoms with Crippen LogP contribution in [0.3, 0.4) is 0 Å². The summed E-state index contributed by atoms with van der Waals surface area (Å²) in [5, 5.41) is 8.77. The number of Topliss-reactive ketones (excluding diaryl/α,β-unsaturated/α-hetero) is 1. The summed E-state index contributed by atoms with van der Waals surface area (Å²) in [6.45, 7) is -1.14. The Morgan fingerprint density at radius 1 is 1.09 bits per heavy atom. The molecule has 45 heavy (non-hydrogen) atoms. The largest absolute Gasteiger partial charge is 0.408 e. The van der Waals surface area contributed by atoms with Crippen molar-refractivity contribution in [3.05, 3.63) is 77.1 Å². The zero-order valence-corrected chi connectivity index (χ0v) is 23.7. The molecule has 0 saturated carbocycles. The molecule has 0 radical (unpaired) electrons. The van der Waals surface area contributed by atoms with Crippen LogP contribution in [-0.4, -0.2) is 74.9 Å². The molecule has 1 aliphatic heterocycles. The van der Waals surface area contributed by atoms with Crippen LogP contribution in [0.2, 0.25) is 0 Å². The molecule has 1 aliphatic carbocycles. The highest BCUT2D eigenvalue weighted by molar-refractivity contribution is 6.17. The monoisotopic (exact) mass is 632 g/mol. The fourth-order valence-corrected chi connectivity index (χ4v) is 5.33. The smallest absolute Gasteiger partial charge is 0.358 e. The molecule has 1 unspecified atom stereocenters. The first kappa shape index (κ1) is 31.3. The Kier molecular flexibility index (Phi) is 7.93. The van der Waals surface area contributed by atoms with E-state index in [-0.39, 0.29) is 40.3 Å². The number of fused-ring (bicyclic) bond motifs is 2. The molecule has 11 nitrogen and oxygen atoms in total. The summed E-state index contributed by atoms with van der Waals surface area (Å²) in [7, 11) is 1.43. The zero-order valence-electron chi connectivity index (χ0n) is 23.7. The molecular weight excluding hydrogens is 607 g/mol. The summed E-state index contributed by atoms with van der Waals surface area (Å²) in [5.41, 5.74) is -2.02. The molecule has 0 bridgehead atoms. The lowest BCUT2D eigenvalue weighted by atomic mass is 9.90. The predicted octanol–water partition coefficient (Wildman–Crippen LogP) is 2.89. The second-order valence-corrected chi connectivity index (χ2v) is 10.7. The second-order valence-electron chi connectivity index (χ2n) is 10.7. The molecule has 236 valence electrons. The van der Waals surface area contributed by atoms with Gasteiger partial charge in [-0.05, 0) is 36.8 Å². The summed E-state index contributed by atoms with van der Waals surface area (Å²) in [6.07, 6.45) is -2.84. The summed E-state index contributed by atoms with van der Waals surface area (Å²) in [5.74, 6) is -4.88. The van der Waals surface area contributed by atoms with E-state index in [4.69, 9.17) is 0 Å². The van der Waals surface area contributed by atoms with Crippen molar-refractivity contribution < 1.29 is 45.9 Å². The van der Waals surface area contributed by atoms with Crippen LogP contribution in [0.25, 0.3) is 11.1 Å². The van der Waals surface area contributed by atoms with Crippen molar-refractivity contribution in [2.75, 3.05) is 13.6 Å². The van der Waals surface area contributed by atoms with Gasteiger partial charge in [0.15, 0.2) is 11.3 Å². The minimum atomic E-state index is -4.88. The number of ketones is 1. The van der Waals surface area contributed by atoms with E-state index in [1.54, 1.807) is 0 Å². The summed E-state index contributed by atoms with van der Waals surface area (Å²) in [6, 6.07) is 2.99. The highest BCUT2D eigenvalue weighted by Gasteiger charge is 2.59. The Hall–Kier alpha value is -5.15. The summed E-state index contributed by atoms with van der Waals surface area (Å²) in [4.78, 5) is 65.4. The number of amides is 5. The first-order valence-electron chi connectivity index (χ1n) is 13.5. The van der Waals surface area contributed by atoms with Crippen molar-refractivity contribution >= 4 is 29.5 Å². The van der Waals surface area contributed by atoms with Crippen molar-refractivity contribution in [1.82, 2.24) is 30.2 Å². The van der Waals surface area contributed by atoms with E-state index in [2.05, 4.69) is 15.7 Å². The van der Waals surface area contributed by atoms with Crippen LogP contribution in [0.15, 0.2) is 48.8 Å². The van der Waals surface area contributed by atoms with Gasteiger partial charge in [0.05, 0.1) is 6.20 Å². The van der Waals surface area contributed by atoms with Crippen LogP contribution in [0, 0.1) is 11.6 Å². The number of benzene rings is 2. The van der Waals surface area contributed by atoms with E-state index in [9.17, 15) is 41.5 Å². The van der Waals surface area contributed by atoms with Crippen molar-refractivity contribution in [3.8, 4) is 11.1 Å². The van der Waals surface area contributed by atoms with Crippen molar-refractivity contribution in [3.63, 3.8) is 0 Å². The third-order valence-corrected chi connectivity index (χ3v) is 7.82. The van der Waals surface area contributed by atoms with E-state index < -0.39 is 72.5 Å². The average Bonchev–Trinajstić information content (AvgIpc) is 3.62. The Labute approximate surface area is 252 Å². The molecule has 2 aromatic carbocycles. The van der Waals surface area contributed by atoms with Gasteiger partial charge in [-0.15, -0.1) is 0 Å². The number of nitrogens with one attached hydrogen (secondary N) is 2. The van der Waals surface area contributed by atoms with E-state index in [0.29, 0.717) is 9.80 Å². The first-order valence-corrected chi connectivity index (χ1v) is 13.5. The number of hydrogen-bond acceptors (Lipinski definition) is 6. The number of halogens is 5. The van der Waals surface area contributed by atoms with E-state index in [1.165, 1.54) is 42.3 Å². The van der Waals surface area contributed by atoms with Crippen LogP contribution in [0.1, 0.15) is 34.8 Å². The highest BCUT2D eigenvalue weighted by Crippen LogP contribution is 2.43. The minimum Gasteiger partial charge on any atom is -0.358 e. The van der Waals surface area contributed by atoms with Gasteiger partial charge in [-0.3, -0.25) is 28.8 Å². The number of nitrogens with zero attached hydrogens (tertiary/aromatic N) is 4. The Morgan fingerprint density at radius 2 is 1.78 bits per heavy atom. The van der Waals surface area contributed by atoms with Gasteiger partial charge in [0.25, 0.3) is 5.91 Å². The average molecular weight is 633 g/mol. The molecule has 1 aromatic heterocycles. The summed E-state index contributed by atoms with van der Waals surface area (Å²) < 4.78 is 71.1. The molecule has 5 amide bonds. The van der Waals surface area contributed by atoms with Gasteiger partial charge in [-0.25, -0.2) is 13.6 Å². The number of rotatable bonds is 8. The van der Waals surface area contributed by atoms with Gasteiger partial charge < -0.3 is 15.5 Å². The van der Waals surface area contributed by atoms with Gasteiger partial charge in [0.1, 0.15) is 30.8 Å². The Bertz CT molecular complexity index is 1720. The Balaban J connectivity index is 1.42. The lowest BCUT2D eigenvalue weighted by Crippen LogP contribution is -2.51. The van der Waals surface area contributed by atoms with Gasteiger partial charge in [-0.2, -0.15) is 18.3 Å². The van der Waals surface area contributed by atoms with E-state index in [1.807, 2.05) is 0 Å². The normalized spacial score (nSPS) is 18.3. The van der Waals surface area contributed by atoms with Crippen LogP contribution < -0.4 is 10.6 Å². The van der Waals surface area contributed by atoms with E-state index in [0.717, 1.165) is 25.1 Å². The van der Waals surface area contributed by atoms with Gasteiger partial charge in [0, 0.05) is 48.5 Å². The van der Waals surface area contributed by atoms with Crippen molar-refractivity contribution in [2.45, 2.75) is 44.2 Å². The molecule has 1 saturated heterocycles. The second kappa shape index (κ2) is 11.4. The maximum atomic E-state index is 15.4. The molecule has 2 heterocycles. The number of urea groups is 1. The third kappa shape index (κ3) is 5.74. The first-order chi connectivity index (χ1) is 21.1. The fourth-order valence-electron chi connectivity index (χ4n) is 5.33. The number of alkyl halides is 3. The number of carbonyl (C=O) groups excluding carboxylic acids is 5. The lowest BCUT2D eigenvalue weighted by molar-refractivity contribution is -0.187. The number of likely N-dealkylation sites (N-methyl/N-ethyl adjacent to an activating group) is 1. The fraction of sp³-hybridized carbons (Fsp3) is 0.310. The molecule has 3 aromatic rings. The van der Waals surface area contributed by atoms with Crippen molar-refractivity contribution in [2.24, 2.45) is 0 Å². The number of hydrogen-bond donors (Lipinski definition) is 2. The minimum absolute atomic E-state index is 0.0660. The molecule has 1 spiro atoms. The molecular formula is C29H25F5N6O5. The van der Waals surface area contributed by atoms with Crippen molar-refractivity contribution in [1.29, 1.82) is 0 Å². The van der Waals surface area contributed by atoms with E-state index >= 15 is 4.39 Å². The SMILES string of the molecule is CNC(=O)Cn1cc(-c2cc3c(cc2F)C2(CC3=O)NC(=O)N(CC(=O)N(Cc3ccc(F)cc3)[C@@H](C)C(F)(F)F)C2=O)cn1. The van der Waals surface area contributed by atoms with Gasteiger partial charge in [0.2, 0.25) is 11.8 Å². The van der Waals surface area contributed by atoms with Crippen LogP contribution in [-0.2, 0) is 33.0 Å². The number of aromatic nitrogens is 2. The maximum absolute atomic E-state index is 15.4. The third-order valence-electron chi connectivity index (χ3n) is 7.82. The lowest BCUT2D eigenvalue weighted by Gasteiger charge is -2.32. The number of carbonyl (C=O) groups is 5. The van der Waals surface area contributed by atoms with Crippen LogP contribution in [0.5, 0.6) is 0 Å². The quantitative estimate of drug-likeness (QED) is 0.290. The Morgan fingerprint density at radius 3 is 2.42 bits per heavy atom. The van der Waals surface area contributed by atoms with Crippen LogP contribution in [0.4, 0.5) is 26.7 Å². The molecule has 5 rings (SSSR count). The number of imide groups is 1. The maximum Gasteiger partial charge on any atom is 0.408 e. The molecule has 1 fully saturated rings. The molecule has 2 atom stereocenters. The molecule has 16 heteroatoms. The standard InChI is InChI=1S/C29H25F5N6O5/c1-15(29(32,33)34)39(11-16-3-5-18(30)6-4-16)25(43)14-40-26(44)28(37-27(40)45)9-23(41)20-7-19(22(31)8-21(20)28)17-10-36-38(12-17)13-24(42)35-2/h3-8,10,12,15H,9,11,13-14H2,1-2H3,(H,35,42)(H,37,45)/t15-,28?/m0/s1. The van der Waals surface area contributed by atoms with Gasteiger partial charge in [-0.1, -0.05) is 12.1 Å². The van der Waals surface area contributed by atoms with Gasteiger partial charge >= 0.3 is 12.2 Å². The zero-order chi connectivity index (χ0) is 32.8. The summed E-state index contributed by atoms with van der Waals surface area (Å²) >= 11 is 0. The topological polar surface area (TPSA) is 134 Å². The predicted molar refractivity (Wildman–Crippen MR) is 145 cm³/mol. The molecule has 2 aliphatic rings. The highest BCUT2D eigenvalue weighted by atomic mass is 19.4. The van der Waals surface area contributed by atoms with Crippen LogP contribution >= 0.6 is 0 Å². The molecule has 2 N–H and O–H groups in total.